The zero-order valence-electron chi connectivity index (χ0n) is 15.6. The van der Waals surface area contributed by atoms with E-state index in [9.17, 15) is 0 Å². The maximum absolute atomic E-state index is 4.12. The summed E-state index contributed by atoms with van der Waals surface area (Å²) in [4.78, 5) is 6.55. The first kappa shape index (κ1) is 21.7. The van der Waals surface area contributed by atoms with Gasteiger partial charge >= 0.3 is 0 Å². The maximum atomic E-state index is 4.12. The SMILES string of the molecule is CCN=C\C=C/C=C/C=C/c1ccc(N(CC)CCSSCC)cc1. The number of aliphatic imine (C=N–C) groups is 1. The Labute approximate surface area is 161 Å². The second kappa shape index (κ2) is 14.9. The van der Waals surface area contributed by atoms with Crippen molar-refractivity contribution in [3.63, 3.8) is 0 Å². The molecule has 2 nitrogen and oxygen atoms in total. The molecule has 0 saturated carbocycles. The highest BCUT2D eigenvalue weighted by Gasteiger charge is 2.03. The molecular weight excluding hydrogens is 344 g/mol. The molecule has 0 spiro atoms. The summed E-state index contributed by atoms with van der Waals surface area (Å²) < 4.78 is 0. The fourth-order valence-electron chi connectivity index (χ4n) is 2.13. The summed E-state index contributed by atoms with van der Waals surface area (Å²) in [7, 11) is 3.90. The number of hydrogen-bond acceptors (Lipinski definition) is 4. The highest BCUT2D eigenvalue weighted by Crippen LogP contribution is 2.22. The lowest BCUT2D eigenvalue weighted by molar-refractivity contribution is 0.873. The van der Waals surface area contributed by atoms with Crippen molar-refractivity contribution in [3.05, 3.63) is 60.2 Å². The van der Waals surface area contributed by atoms with Crippen LogP contribution in [0.5, 0.6) is 0 Å². The predicted octanol–water partition coefficient (Wildman–Crippen LogP) is 6.13. The molecule has 0 unspecified atom stereocenters. The average Bonchev–Trinajstić information content (AvgIpc) is 2.65. The molecule has 0 N–H and O–H groups in total. The van der Waals surface area contributed by atoms with Crippen molar-refractivity contribution in [1.29, 1.82) is 0 Å². The van der Waals surface area contributed by atoms with E-state index in [4.69, 9.17) is 0 Å². The Morgan fingerprint density at radius 3 is 2.32 bits per heavy atom. The third-order valence-electron chi connectivity index (χ3n) is 3.39. The summed E-state index contributed by atoms with van der Waals surface area (Å²) >= 11 is 0. The third kappa shape index (κ3) is 10.3. The summed E-state index contributed by atoms with van der Waals surface area (Å²) in [6.07, 6.45) is 14.0. The van der Waals surface area contributed by atoms with E-state index in [1.807, 2.05) is 59.0 Å². The van der Waals surface area contributed by atoms with Crippen LogP contribution in [0.4, 0.5) is 5.69 Å². The first-order valence-corrected chi connectivity index (χ1v) is 11.4. The average molecular weight is 375 g/mol. The highest BCUT2D eigenvalue weighted by atomic mass is 33.1. The molecule has 0 saturated heterocycles. The van der Waals surface area contributed by atoms with Crippen LogP contribution in [-0.4, -0.2) is 37.4 Å². The molecule has 4 heteroatoms. The molecule has 136 valence electrons. The van der Waals surface area contributed by atoms with Gasteiger partial charge in [0, 0.05) is 43.0 Å². The van der Waals surface area contributed by atoms with Crippen molar-refractivity contribution in [2.24, 2.45) is 4.99 Å². The fourth-order valence-corrected chi connectivity index (χ4v) is 3.79. The molecule has 0 amide bonds. The van der Waals surface area contributed by atoms with Crippen LogP contribution >= 0.6 is 21.6 Å². The van der Waals surface area contributed by atoms with E-state index in [1.165, 1.54) is 17.0 Å². The van der Waals surface area contributed by atoms with Crippen LogP contribution in [0.2, 0.25) is 0 Å². The Kier molecular flexibility index (Phi) is 12.9. The lowest BCUT2D eigenvalue weighted by Gasteiger charge is -2.22. The van der Waals surface area contributed by atoms with Crippen molar-refractivity contribution in [2.75, 3.05) is 36.0 Å². The van der Waals surface area contributed by atoms with Gasteiger partial charge in [-0.1, -0.05) is 71.0 Å². The summed E-state index contributed by atoms with van der Waals surface area (Å²) in [5.41, 5.74) is 2.52. The maximum Gasteiger partial charge on any atom is 0.0366 e. The third-order valence-corrected chi connectivity index (χ3v) is 5.85. The van der Waals surface area contributed by atoms with E-state index in [0.29, 0.717) is 0 Å². The van der Waals surface area contributed by atoms with Gasteiger partial charge in [0.25, 0.3) is 0 Å². The van der Waals surface area contributed by atoms with Gasteiger partial charge in [-0.2, -0.15) is 0 Å². The largest absolute Gasteiger partial charge is 0.371 e. The quantitative estimate of drug-likeness (QED) is 0.189. The molecule has 1 aromatic rings. The zero-order chi connectivity index (χ0) is 18.2. The molecule has 0 atom stereocenters. The van der Waals surface area contributed by atoms with E-state index >= 15 is 0 Å². The van der Waals surface area contributed by atoms with Gasteiger partial charge < -0.3 is 4.90 Å². The van der Waals surface area contributed by atoms with E-state index in [0.717, 1.165) is 25.4 Å². The van der Waals surface area contributed by atoms with E-state index in [-0.39, 0.29) is 0 Å². The minimum absolute atomic E-state index is 0.829. The van der Waals surface area contributed by atoms with Gasteiger partial charge in [0.2, 0.25) is 0 Å². The lowest BCUT2D eigenvalue weighted by Crippen LogP contribution is -2.25. The Hall–Kier alpha value is -1.39. The summed E-state index contributed by atoms with van der Waals surface area (Å²) in [5.74, 6) is 2.34. The Balaban J connectivity index is 2.48. The van der Waals surface area contributed by atoms with Gasteiger partial charge in [0.05, 0.1) is 0 Å². The Morgan fingerprint density at radius 2 is 1.64 bits per heavy atom. The Morgan fingerprint density at radius 1 is 0.920 bits per heavy atom. The van der Waals surface area contributed by atoms with Crippen molar-refractivity contribution >= 4 is 39.6 Å². The minimum Gasteiger partial charge on any atom is -0.371 e. The number of hydrogen-bond donors (Lipinski definition) is 0. The standard InChI is InChI=1S/C21H30N2S2/c1-4-22-17-11-9-7-8-10-12-20-13-15-21(16-14-20)23(5-2)18-19-25-24-6-3/h7-17H,4-6,18-19H2,1-3H3/b8-7+,11-9-,12-10+,22-17?. The van der Waals surface area contributed by atoms with Crippen molar-refractivity contribution in [1.82, 2.24) is 0 Å². The molecule has 0 aliphatic rings. The molecule has 0 bridgehead atoms. The van der Waals surface area contributed by atoms with E-state index in [1.54, 1.807) is 0 Å². The predicted molar refractivity (Wildman–Crippen MR) is 121 cm³/mol. The fraction of sp³-hybridized carbons (Fsp3) is 0.381. The smallest absolute Gasteiger partial charge is 0.0366 e. The molecule has 0 heterocycles. The van der Waals surface area contributed by atoms with Crippen LogP contribution in [-0.2, 0) is 0 Å². The molecule has 1 aromatic carbocycles. The molecule has 0 aliphatic carbocycles. The van der Waals surface area contributed by atoms with Crippen LogP contribution in [0, 0.1) is 0 Å². The summed E-state index contributed by atoms with van der Waals surface area (Å²) in [6, 6.07) is 8.79. The van der Waals surface area contributed by atoms with Crippen LogP contribution in [0.1, 0.15) is 26.3 Å². The first-order chi connectivity index (χ1) is 12.3. The Bertz CT molecular complexity index is 560. The van der Waals surface area contributed by atoms with Crippen LogP contribution < -0.4 is 4.90 Å². The van der Waals surface area contributed by atoms with Crippen molar-refractivity contribution in [2.45, 2.75) is 20.8 Å². The van der Waals surface area contributed by atoms with Crippen molar-refractivity contribution < 1.29 is 0 Å². The highest BCUT2D eigenvalue weighted by molar-refractivity contribution is 8.76. The molecule has 0 aliphatic heterocycles. The molecule has 1 rings (SSSR count). The van der Waals surface area contributed by atoms with Crippen LogP contribution in [0.25, 0.3) is 6.08 Å². The van der Waals surface area contributed by atoms with Gasteiger partial charge in [-0.25, -0.2) is 0 Å². The molecule has 0 radical (unpaired) electrons. The number of allylic oxidation sites excluding steroid dienone is 5. The van der Waals surface area contributed by atoms with Gasteiger partial charge in [0.15, 0.2) is 0 Å². The normalized spacial score (nSPS) is 12.3. The van der Waals surface area contributed by atoms with Crippen LogP contribution in [0.3, 0.4) is 0 Å². The van der Waals surface area contributed by atoms with Crippen molar-refractivity contribution in [3.8, 4) is 0 Å². The second-order valence-electron chi connectivity index (χ2n) is 5.18. The van der Waals surface area contributed by atoms with Gasteiger partial charge in [-0.3, -0.25) is 4.99 Å². The van der Waals surface area contributed by atoms with Gasteiger partial charge in [-0.15, -0.1) is 0 Å². The molecule has 0 aromatic heterocycles. The van der Waals surface area contributed by atoms with E-state index < -0.39 is 0 Å². The first-order valence-electron chi connectivity index (χ1n) is 8.91. The second-order valence-corrected chi connectivity index (χ2v) is 8.05. The van der Waals surface area contributed by atoms with Gasteiger partial charge in [-0.05, 0) is 37.6 Å². The summed E-state index contributed by atoms with van der Waals surface area (Å²) in [6.45, 7) is 9.42. The number of benzene rings is 1. The number of nitrogens with zero attached hydrogens (tertiary/aromatic N) is 2. The monoisotopic (exact) mass is 374 g/mol. The summed E-state index contributed by atoms with van der Waals surface area (Å²) in [5, 5.41) is 0. The van der Waals surface area contributed by atoms with Crippen LogP contribution in [0.15, 0.2) is 59.6 Å². The van der Waals surface area contributed by atoms with E-state index in [2.05, 4.69) is 60.2 Å². The van der Waals surface area contributed by atoms with Gasteiger partial charge in [0.1, 0.15) is 0 Å². The topological polar surface area (TPSA) is 15.6 Å². The molecular formula is C21H30N2S2. The minimum atomic E-state index is 0.829. The number of anilines is 1. The number of rotatable bonds is 12. The molecule has 25 heavy (non-hydrogen) atoms. The lowest BCUT2D eigenvalue weighted by atomic mass is 10.2. The molecule has 0 fully saturated rings. The zero-order valence-corrected chi connectivity index (χ0v) is 17.2.